The van der Waals surface area contributed by atoms with Crippen LogP contribution < -0.4 is 5.73 Å². The Morgan fingerprint density at radius 1 is 1.57 bits per heavy atom. The Kier molecular flexibility index (Phi) is 2.25. The molecule has 1 unspecified atom stereocenters. The van der Waals surface area contributed by atoms with E-state index in [9.17, 15) is 4.79 Å². The van der Waals surface area contributed by atoms with E-state index >= 15 is 0 Å². The molecule has 1 aromatic carbocycles. The molecule has 1 heterocycles. The quantitative estimate of drug-likeness (QED) is 0.530. The third kappa shape index (κ3) is 1.30. The van der Waals surface area contributed by atoms with Crippen LogP contribution in [0.1, 0.15) is 17.2 Å². The molecule has 0 aliphatic carbocycles. The molecule has 0 radical (unpaired) electrons. The summed E-state index contributed by atoms with van der Waals surface area (Å²) in [6, 6.07) is 5.69. The van der Waals surface area contributed by atoms with Gasteiger partial charge in [0.1, 0.15) is 6.29 Å². The molecule has 1 aromatic rings. The van der Waals surface area contributed by atoms with Gasteiger partial charge in [-0.05, 0) is 25.1 Å². The van der Waals surface area contributed by atoms with Gasteiger partial charge in [-0.1, -0.05) is 12.1 Å². The maximum Gasteiger partial charge on any atom is 0.141 e. The van der Waals surface area contributed by atoms with Gasteiger partial charge in [-0.2, -0.15) is 0 Å². The van der Waals surface area contributed by atoms with Crippen LogP contribution in [0.2, 0.25) is 0 Å². The Bertz CT molecular complexity index is 362. The van der Waals surface area contributed by atoms with Gasteiger partial charge in [-0.3, -0.25) is 4.90 Å². The van der Waals surface area contributed by atoms with Crippen molar-refractivity contribution in [3.8, 4) is 0 Å². The molecule has 0 bridgehead atoms. The van der Waals surface area contributed by atoms with Crippen molar-refractivity contribution < 1.29 is 4.79 Å². The molecule has 0 aromatic heterocycles. The lowest BCUT2D eigenvalue weighted by Gasteiger charge is -2.31. The zero-order valence-electron chi connectivity index (χ0n) is 8.23. The molecule has 0 saturated carbocycles. The maximum absolute atomic E-state index is 11.0. The summed E-state index contributed by atoms with van der Waals surface area (Å²) in [5, 5.41) is 0. The molecule has 2 rings (SSSR count). The fourth-order valence-corrected chi connectivity index (χ4v) is 2.04. The molecule has 0 spiro atoms. The summed E-state index contributed by atoms with van der Waals surface area (Å²) in [5.41, 5.74) is 8.82. The number of aldehydes is 1. The van der Waals surface area contributed by atoms with Crippen LogP contribution in [0.4, 0.5) is 5.69 Å². The average molecular weight is 190 g/mol. The first-order valence-corrected chi connectivity index (χ1v) is 4.77. The minimum Gasteiger partial charge on any atom is -0.398 e. The van der Waals surface area contributed by atoms with Gasteiger partial charge in [0.2, 0.25) is 0 Å². The van der Waals surface area contributed by atoms with Crippen molar-refractivity contribution >= 4 is 12.0 Å². The third-order valence-corrected chi connectivity index (χ3v) is 2.86. The molecule has 3 nitrogen and oxygen atoms in total. The first kappa shape index (κ1) is 9.21. The number of hydrogen-bond acceptors (Lipinski definition) is 3. The Balaban J connectivity index is 2.54. The van der Waals surface area contributed by atoms with Crippen molar-refractivity contribution in [2.75, 3.05) is 19.3 Å². The topological polar surface area (TPSA) is 46.3 Å². The van der Waals surface area contributed by atoms with Crippen LogP contribution >= 0.6 is 0 Å². The van der Waals surface area contributed by atoms with Gasteiger partial charge in [0.25, 0.3) is 0 Å². The summed E-state index contributed by atoms with van der Waals surface area (Å²) in [6.07, 6.45) is 1.94. The molecular weight excluding hydrogens is 176 g/mol. The maximum atomic E-state index is 11.0. The van der Waals surface area contributed by atoms with E-state index in [1.165, 1.54) is 5.56 Å². The average Bonchev–Trinajstić information content (AvgIpc) is 2.19. The SMILES string of the molecule is CN1CCc2cccc(N)c2C1C=O. The first-order chi connectivity index (χ1) is 6.74. The summed E-state index contributed by atoms with van der Waals surface area (Å²) in [5.74, 6) is 0. The number of fused-ring (bicyclic) bond motifs is 1. The van der Waals surface area contributed by atoms with Gasteiger partial charge >= 0.3 is 0 Å². The normalized spacial score (nSPS) is 21.6. The predicted octanol–water partition coefficient (Wildman–Crippen LogP) is 0.997. The molecule has 74 valence electrons. The van der Waals surface area contributed by atoms with Crippen molar-refractivity contribution in [2.24, 2.45) is 0 Å². The molecule has 1 atom stereocenters. The van der Waals surface area contributed by atoms with Crippen molar-refractivity contribution in [3.05, 3.63) is 29.3 Å². The minimum absolute atomic E-state index is 0.167. The second-order valence-electron chi connectivity index (χ2n) is 3.73. The number of carbonyl (C=O) groups excluding carboxylic acids is 1. The summed E-state index contributed by atoms with van der Waals surface area (Å²) in [6.45, 7) is 0.917. The molecule has 3 heteroatoms. The number of rotatable bonds is 1. The van der Waals surface area contributed by atoms with Crippen LogP contribution in [0.25, 0.3) is 0 Å². The van der Waals surface area contributed by atoms with Crippen molar-refractivity contribution in [2.45, 2.75) is 12.5 Å². The zero-order chi connectivity index (χ0) is 10.1. The van der Waals surface area contributed by atoms with Crippen LogP contribution in [0.3, 0.4) is 0 Å². The Labute approximate surface area is 83.5 Å². The number of benzene rings is 1. The third-order valence-electron chi connectivity index (χ3n) is 2.86. The largest absolute Gasteiger partial charge is 0.398 e. The predicted molar refractivity (Wildman–Crippen MR) is 56.0 cm³/mol. The van der Waals surface area contributed by atoms with Crippen molar-refractivity contribution in [1.29, 1.82) is 0 Å². The standard InChI is InChI=1S/C11H14N2O/c1-13-6-5-8-3-2-4-9(12)11(8)10(13)7-14/h2-4,7,10H,5-6,12H2,1H3. The van der Waals surface area contributed by atoms with Gasteiger partial charge in [-0.15, -0.1) is 0 Å². The van der Waals surface area contributed by atoms with E-state index in [2.05, 4.69) is 6.07 Å². The van der Waals surface area contributed by atoms with E-state index in [1.807, 2.05) is 24.1 Å². The Morgan fingerprint density at radius 3 is 3.07 bits per heavy atom. The number of carbonyl (C=O) groups is 1. The molecular formula is C11H14N2O. The smallest absolute Gasteiger partial charge is 0.141 e. The summed E-state index contributed by atoms with van der Waals surface area (Å²) in [7, 11) is 1.95. The number of hydrogen-bond donors (Lipinski definition) is 1. The number of nitrogens with two attached hydrogens (primary N) is 1. The van der Waals surface area contributed by atoms with Gasteiger partial charge in [0.15, 0.2) is 0 Å². The highest BCUT2D eigenvalue weighted by atomic mass is 16.1. The molecule has 0 fully saturated rings. The monoisotopic (exact) mass is 190 g/mol. The van der Waals surface area contributed by atoms with Crippen molar-refractivity contribution in [3.63, 3.8) is 0 Å². The van der Waals surface area contributed by atoms with Crippen LogP contribution in [0.15, 0.2) is 18.2 Å². The van der Waals surface area contributed by atoms with E-state index in [0.717, 1.165) is 30.5 Å². The van der Waals surface area contributed by atoms with E-state index in [4.69, 9.17) is 5.73 Å². The summed E-state index contributed by atoms with van der Waals surface area (Å²) >= 11 is 0. The van der Waals surface area contributed by atoms with Gasteiger partial charge in [0, 0.05) is 17.8 Å². The van der Waals surface area contributed by atoms with E-state index < -0.39 is 0 Å². The highest BCUT2D eigenvalue weighted by Gasteiger charge is 2.25. The highest BCUT2D eigenvalue weighted by molar-refractivity contribution is 5.69. The molecule has 0 saturated heterocycles. The highest BCUT2D eigenvalue weighted by Crippen LogP contribution is 2.31. The van der Waals surface area contributed by atoms with Crippen LogP contribution in [0.5, 0.6) is 0 Å². The van der Waals surface area contributed by atoms with Crippen LogP contribution in [0, 0.1) is 0 Å². The molecule has 0 amide bonds. The molecule has 2 N–H and O–H groups in total. The van der Waals surface area contributed by atoms with Gasteiger partial charge < -0.3 is 10.5 Å². The lowest BCUT2D eigenvalue weighted by molar-refractivity contribution is -0.112. The number of anilines is 1. The second kappa shape index (κ2) is 3.42. The number of nitrogen functional groups attached to an aromatic ring is 1. The van der Waals surface area contributed by atoms with E-state index in [1.54, 1.807) is 0 Å². The summed E-state index contributed by atoms with van der Waals surface area (Å²) < 4.78 is 0. The zero-order valence-corrected chi connectivity index (χ0v) is 8.23. The lowest BCUT2D eigenvalue weighted by Crippen LogP contribution is -2.33. The van der Waals surface area contributed by atoms with Crippen LogP contribution in [-0.2, 0) is 11.2 Å². The van der Waals surface area contributed by atoms with Gasteiger partial charge in [0.05, 0.1) is 6.04 Å². The Hall–Kier alpha value is -1.35. The van der Waals surface area contributed by atoms with Gasteiger partial charge in [-0.25, -0.2) is 0 Å². The first-order valence-electron chi connectivity index (χ1n) is 4.77. The summed E-state index contributed by atoms with van der Waals surface area (Å²) in [4.78, 5) is 13.0. The lowest BCUT2D eigenvalue weighted by atomic mass is 9.92. The molecule has 14 heavy (non-hydrogen) atoms. The fraction of sp³-hybridized carbons (Fsp3) is 0.364. The van der Waals surface area contributed by atoms with Crippen LogP contribution in [-0.4, -0.2) is 24.8 Å². The van der Waals surface area contributed by atoms with E-state index in [0.29, 0.717) is 0 Å². The second-order valence-corrected chi connectivity index (χ2v) is 3.73. The number of nitrogens with zero attached hydrogens (tertiary/aromatic N) is 1. The van der Waals surface area contributed by atoms with Crippen molar-refractivity contribution in [1.82, 2.24) is 4.90 Å². The number of likely N-dealkylation sites (N-methyl/N-ethyl adjacent to an activating group) is 1. The van der Waals surface area contributed by atoms with E-state index in [-0.39, 0.29) is 6.04 Å². The minimum atomic E-state index is -0.167. The molecule has 1 aliphatic heterocycles. The fourth-order valence-electron chi connectivity index (χ4n) is 2.04. The Morgan fingerprint density at radius 2 is 2.36 bits per heavy atom. The molecule has 1 aliphatic rings.